The largest absolute Gasteiger partial charge is 0.297 e. The van der Waals surface area contributed by atoms with Gasteiger partial charge < -0.3 is 0 Å². The van der Waals surface area contributed by atoms with Crippen molar-refractivity contribution >= 4 is 0 Å². The number of hydrogen-bond acceptors (Lipinski definition) is 1. The van der Waals surface area contributed by atoms with Crippen molar-refractivity contribution in [2.24, 2.45) is 11.8 Å². The smallest absolute Gasteiger partial charge is 0.0213 e. The van der Waals surface area contributed by atoms with Crippen molar-refractivity contribution in [1.29, 1.82) is 0 Å². The molecule has 56 valence electrons. The van der Waals surface area contributed by atoms with Crippen molar-refractivity contribution in [3.63, 3.8) is 0 Å². The molecular formula is C9H15N. The van der Waals surface area contributed by atoms with E-state index in [0.717, 1.165) is 11.8 Å². The Kier molecular flexibility index (Phi) is 0.797. The predicted molar refractivity (Wildman–Crippen MR) is 40.8 cm³/mol. The minimum absolute atomic E-state index is 0.671. The number of rotatable bonds is 0. The summed E-state index contributed by atoms with van der Waals surface area (Å²) in [6, 6.07) is 0. The Morgan fingerprint density at radius 1 is 1.50 bits per heavy atom. The van der Waals surface area contributed by atoms with Crippen LogP contribution in [-0.4, -0.2) is 23.5 Å². The molecule has 0 N–H and O–H groups in total. The van der Waals surface area contributed by atoms with E-state index in [9.17, 15) is 0 Å². The third kappa shape index (κ3) is 0.460. The normalized spacial score (nSPS) is 58.5. The molecule has 3 aliphatic rings. The van der Waals surface area contributed by atoms with Gasteiger partial charge >= 0.3 is 0 Å². The molecule has 2 heterocycles. The molecule has 0 unspecified atom stereocenters. The molecule has 2 aliphatic heterocycles. The summed E-state index contributed by atoms with van der Waals surface area (Å²) in [5, 5.41) is 0. The number of fused-ring (bicyclic) bond motifs is 3. The summed E-state index contributed by atoms with van der Waals surface area (Å²) in [6.45, 7) is 5.31. The molecule has 0 aromatic heterocycles. The maximum Gasteiger partial charge on any atom is 0.0213 e. The van der Waals surface area contributed by atoms with E-state index in [1.807, 2.05) is 0 Å². The minimum atomic E-state index is 0.671. The number of hydrogen-bond donors (Lipinski definition) is 0. The topological polar surface area (TPSA) is 3.24 Å². The lowest BCUT2D eigenvalue weighted by Crippen LogP contribution is -2.38. The fraction of sp³-hybridized carbons (Fsp3) is 1.00. The molecule has 1 nitrogen and oxygen atoms in total. The Balaban J connectivity index is 1.97. The van der Waals surface area contributed by atoms with Crippen molar-refractivity contribution in [1.82, 2.24) is 4.90 Å². The molecule has 10 heavy (non-hydrogen) atoms. The van der Waals surface area contributed by atoms with Gasteiger partial charge in [-0.05, 0) is 44.6 Å². The van der Waals surface area contributed by atoms with E-state index in [1.165, 1.54) is 25.9 Å². The molecule has 1 aliphatic carbocycles. The van der Waals surface area contributed by atoms with Gasteiger partial charge in [0.05, 0.1) is 0 Å². The highest BCUT2D eigenvalue weighted by molar-refractivity contribution is 5.14. The first-order chi connectivity index (χ1) is 4.81. The van der Waals surface area contributed by atoms with E-state index >= 15 is 0 Å². The van der Waals surface area contributed by atoms with Gasteiger partial charge in [-0.1, -0.05) is 0 Å². The van der Waals surface area contributed by atoms with E-state index in [2.05, 4.69) is 11.8 Å². The first kappa shape index (κ1) is 5.59. The van der Waals surface area contributed by atoms with Crippen LogP contribution in [0, 0.1) is 11.8 Å². The zero-order valence-corrected chi connectivity index (χ0v) is 6.64. The lowest BCUT2D eigenvalue weighted by molar-refractivity contribution is 0.179. The van der Waals surface area contributed by atoms with Gasteiger partial charge in [0.1, 0.15) is 0 Å². The lowest BCUT2D eigenvalue weighted by Gasteiger charge is -2.30. The molecule has 0 radical (unpaired) electrons. The van der Waals surface area contributed by atoms with Gasteiger partial charge in [-0.25, -0.2) is 0 Å². The van der Waals surface area contributed by atoms with E-state index in [-0.39, 0.29) is 0 Å². The molecule has 2 saturated heterocycles. The van der Waals surface area contributed by atoms with Gasteiger partial charge in [0.15, 0.2) is 0 Å². The predicted octanol–water partition coefficient (Wildman–Crippen LogP) is 1.49. The van der Waals surface area contributed by atoms with Gasteiger partial charge in [0.25, 0.3) is 0 Å². The highest BCUT2D eigenvalue weighted by atomic mass is 15.3. The highest BCUT2D eigenvalue weighted by Crippen LogP contribution is 2.59. The Labute approximate surface area is 62.4 Å². The maximum absolute atomic E-state index is 2.73. The average molecular weight is 137 g/mol. The summed E-state index contributed by atoms with van der Waals surface area (Å²) in [5.41, 5.74) is 0.671. The molecule has 0 aromatic carbocycles. The number of piperidine rings is 1. The van der Waals surface area contributed by atoms with Crippen molar-refractivity contribution in [3.8, 4) is 0 Å². The fourth-order valence-corrected chi connectivity index (χ4v) is 3.26. The van der Waals surface area contributed by atoms with Crippen LogP contribution in [0.4, 0.5) is 0 Å². The Morgan fingerprint density at radius 2 is 2.40 bits per heavy atom. The summed E-state index contributed by atoms with van der Waals surface area (Å²) in [4.78, 5) is 2.73. The Hall–Kier alpha value is -0.0400. The van der Waals surface area contributed by atoms with E-state index in [4.69, 9.17) is 0 Å². The lowest BCUT2D eigenvalue weighted by atomic mass is 9.94. The molecule has 1 saturated carbocycles. The molecule has 3 fully saturated rings. The van der Waals surface area contributed by atoms with Crippen LogP contribution >= 0.6 is 0 Å². The number of nitrogens with zero attached hydrogens (tertiary/aromatic N) is 1. The van der Waals surface area contributed by atoms with Gasteiger partial charge in [-0.3, -0.25) is 4.90 Å². The summed E-state index contributed by atoms with van der Waals surface area (Å²) < 4.78 is 0. The average Bonchev–Trinajstić information content (AvgIpc) is 2.47. The van der Waals surface area contributed by atoms with Crippen molar-refractivity contribution in [2.75, 3.05) is 13.1 Å². The van der Waals surface area contributed by atoms with E-state index < -0.39 is 0 Å². The second-order valence-corrected chi connectivity index (χ2v) is 4.51. The van der Waals surface area contributed by atoms with Gasteiger partial charge in [-0.2, -0.15) is 0 Å². The summed E-state index contributed by atoms with van der Waals surface area (Å²) in [6.07, 6.45) is 4.49. The third-order valence-corrected chi connectivity index (χ3v) is 4.01. The van der Waals surface area contributed by atoms with Crippen molar-refractivity contribution in [3.05, 3.63) is 0 Å². The Morgan fingerprint density at radius 3 is 3.20 bits per heavy atom. The van der Waals surface area contributed by atoms with Crippen LogP contribution in [0.25, 0.3) is 0 Å². The monoisotopic (exact) mass is 137 g/mol. The SMILES string of the molecule is C[C@]12CCCN1C[C@@H]1C[C@@H]12. The molecule has 0 amide bonds. The van der Waals surface area contributed by atoms with Crippen LogP contribution in [0.15, 0.2) is 0 Å². The summed E-state index contributed by atoms with van der Waals surface area (Å²) in [7, 11) is 0. The molecule has 3 atom stereocenters. The zero-order valence-electron chi connectivity index (χ0n) is 6.64. The van der Waals surface area contributed by atoms with Crippen LogP contribution < -0.4 is 0 Å². The maximum atomic E-state index is 2.73. The Bertz CT molecular complexity index is 178. The van der Waals surface area contributed by atoms with Gasteiger partial charge in [0.2, 0.25) is 0 Å². The highest BCUT2D eigenvalue weighted by Gasteiger charge is 2.60. The van der Waals surface area contributed by atoms with Crippen molar-refractivity contribution in [2.45, 2.75) is 31.7 Å². The van der Waals surface area contributed by atoms with Crippen molar-refractivity contribution < 1.29 is 0 Å². The summed E-state index contributed by atoms with van der Waals surface area (Å²) in [5.74, 6) is 2.22. The molecule has 0 aromatic rings. The second-order valence-electron chi connectivity index (χ2n) is 4.51. The minimum Gasteiger partial charge on any atom is -0.297 e. The third-order valence-electron chi connectivity index (χ3n) is 4.01. The second kappa shape index (κ2) is 1.42. The standard InChI is InChI=1S/C9H15N/c1-9-3-2-4-10(9)6-7-5-8(7)9/h7-8H,2-6H2,1H3/t7-,8-,9+/m0/s1. The first-order valence-electron chi connectivity index (χ1n) is 4.56. The molecule has 1 heteroatoms. The van der Waals surface area contributed by atoms with Gasteiger partial charge in [-0.15, -0.1) is 0 Å². The molecular weight excluding hydrogens is 122 g/mol. The van der Waals surface area contributed by atoms with Crippen LogP contribution in [0.3, 0.4) is 0 Å². The molecule has 0 bridgehead atoms. The van der Waals surface area contributed by atoms with E-state index in [1.54, 1.807) is 6.42 Å². The van der Waals surface area contributed by atoms with Crippen LogP contribution in [0.2, 0.25) is 0 Å². The van der Waals surface area contributed by atoms with Crippen LogP contribution in [0.1, 0.15) is 26.2 Å². The zero-order chi connectivity index (χ0) is 6.77. The molecule has 3 rings (SSSR count). The fourth-order valence-electron chi connectivity index (χ4n) is 3.26. The molecule has 0 spiro atoms. The summed E-state index contributed by atoms with van der Waals surface area (Å²) >= 11 is 0. The quantitative estimate of drug-likeness (QED) is 0.489. The van der Waals surface area contributed by atoms with E-state index in [0.29, 0.717) is 5.54 Å². The van der Waals surface area contributed by atoms with Gasteiger partial charge in [0, 0.05) is 12.1 Å². The van der Waals surface area contributed by atoms with Crippen LogP contribution in [-0.2, 0) is 0 Å². The van der Waals surface area contributed by atoms with Crippen LogP contribution in [0.5, 0.6) is 0 Å². The first-order valence-corrected chi connectivity index (χ1v) is 4.56.